The Hall–Kier alpha value is -1.15. The van der Waals surface area contributed by atoms with Gasteiger partial charge in [0.25, 0.3) is 0 Å². The van der Waals surface area contributed by atoms with E-state index in [-0.39, 0.29) is 5.92 Å². The van der Waals surface area contributed by atoms with Crippen LogP contribution in [0.1, 0.15) is 25.3 Å². The van der Waals surface area contributed by atoms with Crippen LogP contribution in [-0.2, 0) is 11.2 Å². The molecule has 86 valence electrons. The third-order valence-corrected chi connectivity index (χ3v) is 3.42. The number of carbonyl (C=O) groups is 1. The van der Waals surface area contributed by atoms with E-state index in [0.717, 1.165) is 19.4 Å². The number of benzene rings is 1. The number of Topliss-reactive ketones (excluding diaryl/α,β-unsaturated/α-hetero) is 1. The van der Waals surface area contributed by atoms with Gasteiger partial charge in [-0.25, -0.2) is 0 Å². The van der Waals surface area contributed by atoms with Gasteiger partial charge in [-0.15, -0.1) is 0 Å². The van der Waals surface area contributed by atoms with Crippen LogP contribution in [-0.4, -0.2) is 18.4 Å². The minimum absolute atomic E-state index is 0.203. The number of rotatable bonds is 3. The molecule has 1 N–H and O–H groups in total. The summed E-state index contributed by atoms with van der Waals surface area (Å²) >= 11 is 0. The summed E-state index contributed by atoms with van der Waals surface area (Å²) < 4.78 is 0. The van der Waals surface area contributed by atoms with E-state index < -0.39 is 0 Å². The summed E-state index contributed by atoms with van der Waals surface area (Å²) in [5.41, 5.74) is 1.31. The fourth-order valence-electron chi connectivity index (χ4n) is 2.53. The van der Waals surface area contributed by atoms with Gasteiger partial charge in [0, 0.05) is 24.9 Å². The monoisotopic (exact) mass is 217 g/mol. The molecule has 1 fully saturated rings. The molecule has 0 bridgehead atoms. The number of carbonyl (C=O) groups excluding carboxylic acids is 1. The normalized spacial score (nSPS) is 25.7. The van der Waals surface area contributed by atoms with Crippen molar-refractivity contribution in [2.24, 2.45) is 5.92 Å². The molecule has 1 aliphatic heterocycles. The number of hydrogen-bond acceptors (Lipinski definition) is 2. The van der Waals surface area contributed by atoms with Gasteiger partial charge in [0.1, 0.15) is 5.78 Å². The zero-order valence-corrected chi connectivity index (χ0v) is 9.78. The number of ketones is 1. The van der Waals surface area contributed by atoms with Crippen LogP contribution in [0.3, 0.4) is 0 Å². The second-order valence-electron chi connectivity index (χ2n) is 4.48. The van der Waals surface area contributed by atoms with Crippen LogP contribution >= 0.6 is 0 Å². The highest BCUT2D eigenvalue weighted by Crippen LogP contribution is 2.19. The fourth-order valence-corrected chi connectivity index (χ4v) is 2.53. The molecular weight excluding hydrogens is 198 g/mol. The van der Waals surface area contributed by atoms with E-state index in [2.05, 4.69) is 36.5 Å². The molecule has 2 unspecified atom stereocenters. The Morgan fingerprint density at radius 2 is 2.06 bits per heavy atom. The lowest BCUT2D eigenvalue weighted by atomic mass is 9.84. The van der Waals surface area contributed by atoms with Gasteiger partial charge in [-0.3, -0.25) is 4.79 Å². The van der Waals surface area contributed by atoms with Crippen LogP contribution in [0.5, 0.6) is 0 Å². The van der Waals surface area contributed by atoms with E-state index in [1.807, 2.05) is 6.07 Å². The van der Waals surface area contributed by atoms with Gasteiger partial charge >= 0.3 is 0 Å². The summed E-state index contributed by atoms with van der Waals surface area (Å²) in [5.74, 6) is 0.635. The molecule has 2 heteroatoms. The summed E-state index contributed by atoms with van der Waals surface area (Å²) in [7, 11) is 0. The first-order valence-electron chi connectivity index (χ1n) is 6.11. The Labute approximate surface area is 97.1 Å². The smallest absolute Gasteiger partial charge is 0.138 e. The Morgan fingerprint density at radius 3 is 2.75 bits per heavy atom. The first kappa shape index (κ1) is 11.3. The van der Waals surface area contributed by atoms with Crippen molar-refractivity contribution in [1.82, 2.24) is 5.32 Å². The molecule has 0 aliphatic carbocycles. The molecule has 2 rings (SSSR count). The summed E-state index contributed by atoms with van der Waals surface area (Å²) in [5, 5.41) is 3.48. The largest absolute Gasteiger partial charge is 0.312 e. The molecule has 2 nitrogen and oxygen atoms in total. The van der Waals surface area contributed by atoms with Crippen LogP contribution < -0.4 is 5.32 Å². The maximum absolute atomic E-state index is 11.8. The highest BCUT2D eigenvalue weighted by molar-refractivity contribution is 5.82. The lowest BCUT2D eigenvalue weighted by Crippen LogP contribution is -2.47. The van der Waals surface area contributed by atoms with Crippen molar-refractivity contribution in [3.05, 3.63) is 35.9 Å². The van der Waals surface area contributed by atoms with E-state index in [1.165, 1.54) is 5.56 Å². The molecule has 16 heavy (non-hydrogen) atoms. The number of nitrogens with one attached hydrogen (secondary N) is 1. The van der Waals surface area contributed by atoms with Crippen LogP contribution in [0, 0.1) is 5.92 Å². The van der Waals surface area contributed by atoms with Crippen molar-refractivity contribution < 1.29 is 4.79 Å². The maximum Gasteiger partial charge on any atom is 0.138 e. The molecule has 1 saturated heterocycles. The van der Waals surface area contributed by atoms with Gasteiger partial charge < -0.3 is 5.32 Å². The summed E-state index contributed by atoms with van der Waals surface area (Å²) in [6.07, 6.45) is 2.61. The SMILES string of the molecule is CCC1C(=O)CCNC1Cc1ccccc1. The molecule has 0 saturated carbocycles. The van der Waals surface area contributed by atoms with Gasteiger partial charge in [0.2, 0.25) is 0 Å². The predicted molar refractivity (Wildman–Crippen MR) is 65.3 cm³/mol. The van der Waals surface area contributed by atoms with Crippen molar-refractivity contribution in [1.29, 1.82) is 0 Å². The van der Waals surface area contributed by atoms with Crippen LogP contribution in [0.4, 0.5) is 0 Å². The van der Waals surface area contributed by atoms with Crippen molar-refractivity contribution in [3.8, 4) is 0 Å². The van der Waals surface area contributed by atoms with Crippen molar-refractivity contribution in [2.45, 2.75) is 32.2 Å². The van der Waals surface area contributed by atoms with Crippen molar-refractivity contribution >= 4 is 5.78 Å². The third kappa shape index (κ3) is 2.50. The topological polar surface area (TPSA) is 29.1 Å². The second kappa shape index (κ2) is 5.26. The average Bonchev–Trinajstić information content (AvgIpc) is 2.31. The van der Waals surface area contributed by atoms with Crippen molar-refractivity contribution in [2.75, 3.05) is 6.54 Å². The quantitative estimate of drug-likeness (QED) is 0.841. The highest BCUT2D eigenvalue weighted by atomic mass is 16.1. The minimum Gasteiger partial charge on any atom is -0.312 e. The minimum atomic E-state index is 0.203. The van der Waals surface area contributed by atoms with Gasteiger partial charge in [-0.1, -0.05) is 37.3 Å². The Morgan fingerprint density at radius 1 is 1.31 bits per heavy atom. The second-order valence-corrected chi connectivity index (χ2v) is 4.48. The van der Waals surface area contributed by atoms with Crippen LogP contribution in [0.25, 0.3) is 0 Å². The molecule has 0 aromatic heterocycles. The van der Waals surface area contributed by atoms with Gasteiger partial charge in [-0.2, -0.15) is 0 Å². The lowest BCUT2D eigenvalue weighted by Gasteiger charge is -2.31. The Bertz CT molecular complexity index is 347. The van der Waals surface area contributed by atoms with Crippen LogP contribution in [0.2, 0.25) is 0 Å². The summed E-state index contributed by atoms with van der Waals surface area (Å²) in [6, 6.07) is 10.7. The van der Waals surface area contributed by atoms with Gasteiger partial charge in [0.05, 0.1) is 0 Å². The molecule has 0 radical (unpaired) electrons. The van der Waals surface area contributed by atoms with E-state index in [4.69, 9.17) is 0 Å². The Kier molecular flexibility index (Phi) is 3.73. The zero-order chi connectivity index (χ0) is 11.4. The molecule has 2 atom stereocenters. The molecule has 1 aromatic carbocycles. The van der Waals surface area contributed by atoms with E-state index in [9.17, 15) is 4.79 Å². The third-order valence-electron chi connectivity index (χ3n) is 3.42. The van der Waals surface area contributed by atoms with Gasteiger partial charge in [-0.05, 0) is 18.4 Å². The van der Waals surface area contributed by atoms with E-state index in [0.29, 0.717) is 18.2 Å². The molecule has 1 heterocycles. The summed E-state index contributed by atoms with van der Waals surface area (Å²) in [4.78, 5) is 11.8. The zero-order valence-electron chi connectivity index (χ0n) is 9.78. The van der Waals surface area contributed by atoms with E-state index in [1.54, 1.807) is 0 Å². The molecular formula is C14H19NO. The van der Waals surface area contributed by atoms with Crippen molar-refractivity contribution in [3.63, 3.8) is 0 Å². The van der Waals surface area contributed by atoms with Gasteiger partial charge in [0.15, 0.2) is 0 Å². The standard InChI is InChI=1S/C14H19NO/c1-2-12-13(15-9-8-14(12)16)10-11-6-4-3-5-7-11/h3-7,12-13,15H,2,8-10H2,1H3. The molecule has 1 aromatic rings. The maximum atomic E-state index is 11.8. The first-order valence-corrected chi connectivity index (χ1v) is 6.11. The molecule has 0 spiro atoms. The number of piperidine rings is 1. The average molecular weight is 217 g/mol. The lowest BCUT2D eigenvalue weighted by molar-refractivity contribution is -0.125. The predicted octanol–water partition coefficient (Wildman–Crippen LogP) is 2.19. The fraction of sp³-hybridized carbons (Fsp3) is 0.500. The first-order chi connectivity index (χ1) is 7.81. The van der Waals surface area contributed by atoms with Crippen LogP contribution in [0.15, 0.2) is 30.3 Å². The summed E-state index contributed by atoms with van der Waals surface area (Å²) in [6.45, 7) is 2.94. The highest BCUT2D eigenvalue weighted by Gasteiger charge is 2.29. The van der Waals surface area contributed by atoms with E-state index >= 15 is 0 Å². The molecule has 1 aliphatic rings. The number of hydrogen-bond donors (Lipinski definition) is 1. The Balaban J connectivity index is 2.05. The molecule has 0 amide bonds.